The molecular formula is C77H123ClF6N12O13. The molecule has 5 fully saturated rings. The summed E-state index contributed by atoms with van der Waals surface area (Å²) in [7, 11) is 11.0. The van der Waals surface area contributed by atoms with E-state index in [1.54, 1.807) is 32.9 Å². The van der Waals surface area contributed by atoms with Crippen molar-refractivity contribution in [3.05, 3.63) is 12.2 Å². The molecule has 3 N–H and O–H groups in total. The van der Waals surface area contributed by atoms with Crippen molar-refractivity contribution in [2.45, 2.75) is 268 Å². The highest BCUT2D eigenvalue weighted by molar-refractivity contribution is 6.21. The number of carbonyl (C=O) groups is 12. The molecule has 3 heterocycles. The summed E-state index contributed by atoms with van der Waals surface area (Å²) in [5, 5.41) is 7.37. The first-order chi connectivity index (χ1) is 50.8. The topological polar surface area (TPSA) is 279 Å². The summed E-state index contributed by atoms with van der Waals surface area (Å²) in [6.45, 7) is 14.7. The summed E-state index contributed by atoms with van der Waals surface area (Å²) in [6.07, 6.45) is -6.94. The molecule has 0 radical (unpaired) electrons. The first-order valence-corrected chi connectivity index (χ1v) is 39.5. The fourth-order valence-electron chi connectivity index (χ4n) is 17.4. The number of carbonyl (C=O) groups excluding carboxylic acids is 12. The summed E-state index contributed by atoms with van der Waals surface area (Å²) in [4.78, 5) is 193. The normalized spacial score (nSPS) is 30.8. The van der Waals surface area contributed by atoms with Crippen LogP contribution in [0.15, 0.2) is 12.2 Å². The Hall–Kier alpha value is -6.79. The monoisotopic (exact) mass is 1570 g/mol. The molecule has 3 unspecified atom stereocenters. The van der Waals surface area contributed by atoms with Gasteiger partial charge in [-0.1, -0.05) is 86.8 Å². The van der Waals surface area contributed by atoms with Crippen molar-refractivity contribution in [3.63, 3.8) is 0 Å². The molecule has 6 aliphatic rings. The lowest BCUT2D eigenvalue weighted by molar-refractivity contribution is -0.184. The minimum absolute atomic E-state index is 0.0307. The summed E-state index contributed by atoms with van der Waals surface area (Å²) in [5.41, 5.74) is -2.30. The lowest BCUT2D eigenvalue weighted by Gasteiger charge is -2.54. The fraction of sp³-hybridized carbons (Fsp3) is 0.818. The minimum Gasteiger partial charge on any atom is -0.377 e. The molecular weight excluding hydrogens is 1450 g/mol. The zero-order valence-electron chi connectivity index (χ0n) is 67.1. The number of hydrogen-bond donors (Lipinski definition) is 3. The number of nitrogens with one attached hydrogen (secondary N) is 3. The lowest BCUT2D eigenvalue weighted by Crippen LogP contribution is -2.71. The van der Waals surface area contributed by atoms with E-state index in [1.165, 1.54) is 80.9 Å². The Morgan fingerprint density at radius 1 is 0.651 bits per heavy atom. The van der Waals surface area contributed by atoms with Crippen molar-refractivity contribution in [1.29, 1.82) is 0 Å². The second-order valence-electron chi connectivity index (χ2n) is 33.3. The standard InChI is InChI=1S/C77H123ClF6N12O13/c1-18-46(7)63-71(106)90(13)42-62(99)91(14)55-25-23-22-24-34-95(70(55)105)59(37-48-26-30-50(31-27-48)76(79,80)81)69(104)89(12)41-60(97)85-54(33-29-47-28-32-52(53(78)36-47)77(82,83)84)67(102)96-40-51(109-21-4)38-57(96)66(101)87-75(43-74(8,9)44-75)73(108)94(17)64(49(19-2)20-3)72(107)93(16)58(68(103)88(10)11)39-61(98)92(15)56(35-45(5)6)65(100)86-63/h22-23,45-59,63-64H,18-21,24-44H2,1-17H3,(H,85,97)(H,86,100)(H,87,101)/b23-22-/t46-,47?,48?,50?,51+,52?,53?,54-,55-,56-,57-,58-,59-,63-,64-/m0/s1. The molecule has 13 atom stereocenters. The summed E-state index contributed by atoms with van der Waals surface area (Å²) < 4.78 is 91.0. The number of halogens is 7. The van der Waals surface area contributed by atoms with E-state index in [2.05, 4.69) is 16.0 Å². The Kier molecular flexibility index (Phi) is 32.3. The number of fused-ring (bicyclic) bond motifs is 3. The van der Waals surface area contributed by atoms with Crippen LogP contribution in [0.3, 0.4) is 0 Å². The van der Waals surface area contributed by atoms with E-state index in [0.29, 0.717) is 19.3 Å². The largest absolute Gasteiger partial charge is 0.393 e. The summed E-state index contributed by atoms with van der Waals surface area (Å²) in [5.74, 6) is -14.8. The van der Waals surface area contributed by atoms with Gasteiger partial charge in [0.15, 0.2) is 0 Å². The Bertz CT molecular complexity index is 3250. The van der Waals surface area contributed by atoms with Crippen molar-refractivity contribution >= 4 is 82.5 Å². The maximum Gasteiger partial charge on any atom is 0.393 e. The van der Waals surface area contributed by atoms with Crippen LogP contribution in [0.2, 0.25) is 0 Å². The van der Waals surface area contributed by atoms with E-state index in [0.717, 1.165) is 19.6 Å². The molecule has 0 aromatic carbocycles. The van der Waals surface area contributed by atoms with Gasteiger partial charge in [-0.3, -0.25) is 57.5 Å². The summed E-state index contributed by atoms with van der Waals surface area (Å²) in [6, 6.07) is -11.1. The van der Waals surface area contributed by atoms with Crippen LogP contribution >= 0.6 is 11.6 Å². The molecule has 1 spiro atoms. The van der Waals surface area contributed by atoms with Crippen molar-refractivity contribution in [1.82, 2.24) is 60.0 Å². The Labute approximate surface area is 645 Å². The number of rotatable bonds is 15. The van der Waals surface area contributed by atoms with Crippen LogP contribution in [0.5, 0.6) is 0 Å². The van der Waals surface area contributed by atoms with Crippen LogP contribution in [0.4, 0.5) is 26.3 Å². The lowest BCUT2D eigenvalue weighted by atomic mass is 9.58. The number of amides is 12. The van der Waals surface area contributed by atoms with E-state index >= 15 is 28.8 Å². The van der Waals surface area contributed by atoms with Gasteiger partial charge in [0.25, 0.3) is 0 Å². The minimum atomic E-state index is -4.58. The van der Waals surface area contributed by atoms with E-state index in [9.17, 15) is 55.1 Å². The summed E-state index contributed by atoms with van der Waals surface area (Å²) >= 11 is 6.44. The molecule has 3 saturated carbocycles. The molecule has 32 heteroatoms. The molecule has 3 aliphatic heterocycles. The van der Waals surface area contributed by atoms with Gasteiger partial charge < -0.3 is 64.8 Å². The van der Waals surface area contributed by atoms with Crippen LogP contribution in [0.25, 0.3) is 0 Å². The van der Waals surface area contributed by atoms with Crippen LogP contribution < -0.4 is 16.0 Å². The SMILES string of the molecule is CCO[C@@H]1C[C@H]2C(=O)NC3(CC(C)(C)C3)C(=O)N(C)[C@@H](C(CC)CC)C(=O)N(C)[C@H](C(=O)N(C)C)CC(=O)N(C)[C@@H](CC(C)C)C(=O)N[C@@H]([C@@H](C)CC)C(=O)N(C)CC(=O)N(C)[C@H]3C/C=C\CCN(C3=O)[C@@H](CC3CCC(C(F)(F)F)CC3)C(=O)N(C)CC(=O)N[C@@H](CCC3CCC(C(F)(F)F)C(Cl)C3)C(=O)N2C1. The quantitative estimate of drug-likeness (QED) is 0.0812. The van der Waals surface area contributed by atoms with Gasteiger partial charge in [0.1, 0.15) is 53.9 Å². The maximum atomic E-state index is 15.8. The molecule has 618 valence electrons. The number of likely N-dealkylation sites (N-methyl/N-ethyl adjacent to an activating group) is 7. The third kappa shape index (κ3) is 22.8. The van der Waals surface area contributed by atoms with Crippen molar-refractivity contribution in [2.75, 3.05) is 89.2 Å². The average Bonchev–Trinajstić information content (AvgIpc) is 1.27. The van der Waals surface area contributed by atoms with Gasteiger partial charge in [0.2, 0.25) is 70.9 Å². The van der Waals surface area contributed by atoms with Gasteiger partial charge in [-0.25, -0.2) is 0 Å². The molecule has 109 heavy (non-hydrogen) atoms. The zero-order valence-corrected chi connectivity index (χ0v) is 67.9. The van der Waals surface area contributed by atoms with E-state index in [-0.39, 0.29) is 128 Å². The third-order valence-electron chi connectivity index (χ3n) is 23.9. The van der Waals surface area contributed by atoms with Gasteiger partial charge >= 0.3 is 12.4 Å². The Balaban J connectivity index is 1.50. The van der Waals surface area contributed by atoms with Crippen LogP contribution in [-0.2, 0) is 62.3 Å². The Morgan fingerprint density at radius 2 is 1.27 bits per heavy atom. The third-order valence-corrected chi connectivity index (χ3v) is 24.4. The molecule has 3 aliphatic carbocycles. The average molecular weight is 1570 g/mol. The van der Waals surface area contributed by atoms with Gasteiger partial charge in [-0.2, -0.15) is 26.3 Å². The number of alkyl halides is 7. The molecule has 2 bridgehead atoms. The van der Waals surface area contributed by atoms with E-state index in [4.69, 9.17) is 16.3 Å². The second kappa shape index (κ2) is 38.6. The van der Waals surface area contributed by atoms with Gasteiger partial charge in [0.05, 0.1) is 37.5 Å². The van der Waals surface area contributed by atoms with E-state index < -0.39 is 209 Å². The number of ether oxygens (including phenoxy) is 1. The van der Waals surface area contributed by atoms with Crippen LogP contribution in [0.1, 0.15) is 191 Å². The second-order valence-corrected chi connectivity index (χ2v) is 33.8. The Morgan fingerprint density at radius 3 is 1.82 bits per heavy atom. The molecule has 12 amide bonds. The predicted octanol–water partition coefficient (Wildman–Crippen LogP) is 7.55. The molecule has 0 aromatic heterocycles. The maximum absolute atomic E-state index is 15.8. The highest BCUT2D eigenvalue weighted by atomic mass is 35.5. The van der Waals surface area contributed by atoms with Crippen molar-refractivity contribution in [2.24, 2.45) is 46.8 Å². The van der Waals surface area contributed by atoms with Gasteiger partial charge in [-0.15, -0.1) is 11.6 Å². The van der Waals surface area contributed by atoms with Crippen LogP contribution in [-0.4, -0.2) is 282 Å². The van der Waals surface area contributed by atoms with Gasteiger partial charge in [-0.05, 0) is 138 Å². The van der Waals surface area contributed by atoms with Crippen LogP contribution in [0, 0.1) is 46.8 Å². The first kappa shape index (κ1) is 91.1. The smallest absolute Gasteiger partial charge is 0.377 e. The molecule has 0 aromatic rings. The highest BCUT2D eigenvalue weighted by Gasteiger charge is 2.59. The number of hydrogen-bond acceptors (Lipinski definition) is 13. The van der Waals surface area contributed by atoms with E-state index in [1.807, 2.05) is 41.5 Å². The van der Waals surface area contributed by atoms with Crippen molar-refractivity contribution < 1.29 is 88.6 Å². The zero-order chi connectivity index (χ0) is 81.9. The molecule has 6 rings (SSSR count). The predicted molar refractivity (Wildman–Crippen MR) is 397 cm³/mol. The highest BCUT2D eigenvalue weighted by Crippen LogP contribution is 2.50. The van der Waals surface area contributed by atoms with Crippen molar-refractivity contribution in [3.8, 4) is 0 Å². The fourth-order valence-corrected chi connectivity index (χ4v) is 17.9. The molecule has 25 nitrogen and oxygen atoms in total. The first-order valence-electron chi connectivity index (χ1n) is 39.1. The number of nitrogens with zero attached hydrogens (tertiary/aromatic N) is 9. The molecule has 2 saturated heterocycles. The van der Waals surface area contributed by atoms with Gasteiger partial charge in [0, 0.05) is 87.9 Å².